The predicted molar refractivity (Wildman–Crippen MR) is 44.8 cm³/mol. The van der Waals surface area contributed by atoms with Gasteiger partial charge in [-0.2, -0.15) is 13.2 Å². The summed E-state index contributed by atoms with van der Waals surface area (Å²) in [4.78, 5) is 0.862. The average molecular weight is 207 g/mol. The van der Waals surface area contributed by atoms with E-state index in [0.29, 0.717) is 18.5 Å². The molecule has 1 unspecified atom stereocenters. The third-order valence-electron chi connectivity index (χ3n) is 2.12. The second kappa shape index (κ2) is 2.99. The molecule has 0 bridgehead atoms. The highest BCUT2D eigenvalue weighted by molar-refractivity contribution is 7.10. The van der Waals surface area contributed by atoms with E-state index in [0.717, 1.165) is 4.88 Å². The largest absolute Gasteiger partial charge is 0.407 e. The zero-order chi connectivity index (χ0) is 9.47. The summed E-state index contributed by atoms with van der Waals surface area (Å²) in [5, 5.41) is 4.20. The van der Waals surface area contributed by atoms with Crippen LogP contribution in [0.3, 0.4) is 0 Å². The van der Waals surface area contributed by atoms with Gasteiger partial charge >= 0.3 is 6.18 Å². The van der Waals surface area contributed by atoms with E-state index in [-0.39, 0.29) is 0 Å². The minimum atomic E-state index is -4.17. The Kier molecular flexibility index (Phi) is 2.08. The third-order valence-corrected chi connectivity index (χ3v) is 3.12. The highest BCUT2D eigenvalue weighted by atomic mass is 32.1. The van der Waals surface area contributed by atoms with Gasteiger partial charge in [-0.25, -0.2) is 0 Å². The summed E-state index contributed by atoms with van der Waals surface area (Å²) >= 11 is 1.41. The monoisotopic (exact) mass is 207 g/mol. The van der Waals surface area contributed by atoms with Gasteiger partial charge in [0.2, 0.25) is 0 Å². The molecule has 72 valence electrons. The Hall–Kier alpha value is -0.550. The van der Waals surface area contributed by atoms with Crippen molar-refractivity contribution in [3.63, 3.8) is 0 Å². The second-order valence-electron chi connectivity index (χ2n) is 2.98. The molecule has 2 rings (SSSR count). The van der Waals surface area contributed by atoms with Gasteiger partial charge in [0, 0.05) is 11.4 Å². The van der Waals surface area contributed by atoms with Crippen LogP contribution in [0, 0.1) is 0 Å². The molecule has 1 aromatic rings. The molecule has 1 aliphatic heterocycles. The molecule has 0 amide bonds. The lowest BCUT2D eigenvalue weighted by Gasteiger charge is -2.26. The number of rotatable bonds is 0. The number of hydrogen-bond acceptors (Lipinski definition) is 2. The first kappa shape index (κ1) is 9.02. The Balaban J connectivity index is 2.35. The minimum Gasteiger partial charge on any atom is -0.302 e. The van der Waals surface area contributed by atoms with Gasteiger partial charge in [0.05, 0.1) is 0 Å². The Labute approximate surface area is 77.6 Å². The molecule has 1 nitrogen and oxygen atoms in total. The van der Waals surface area contributed by atoms with Gasteiger partial charge in [0.15, 0.2) is 0 Å². The van der Waals surface area contributed by atoms with Crippen molar-refractivity contribution < 1.29 is 13.2 Å². The highest BCUT2D eigenvalue weighted by Crippen LogP contribution is 2.38. The van der Waals surface area contributed by atoms with Crippen LogP contribution in [0.2, 0.25) is 0 Å². The zero-order valence-electron chi connectivity index (χ0n) is 6.69. The zero-order valence-corrected chi connectivity index (χ0v) is 7.50. The number of alkyl halides is 3. The number of nitrogens with one attached hydrogen (secondary N) is 1. The summed E-state index contributed by atoms with van der Waals surface area (Å²) < 4.78 is 37.3. The van der Waals surface area contributed by atoms with Crippen LogP contribution in [0.15, 0.2) is 11.4 Å². The van der Waals surface area contributed by atoms with Crippen LogP contribution < -0.4 is 5.32 Å². The molecule has 0 spiro atoms. The molecule has 0 aliphatic carbocycles. The summed E-state index contributed by atoms with van der Waals surface area (Å²) in [5.74, 6) is 0. The molecule has 0 saturated carbocycles. The maximum absolute atomic E-state index is 12.4. The molecule has 0 fully saturated rings. The minimum absolute atomic E-state index is 0.406. The lowest BCUT2D eigenvalue weighted by atomic mass is 10.0. The topological polar surface area (TPSA) is 12.0 Å². The molecule has 1 atom stereocenters. The van der Waals surface area contributed by atoms with E-state index in [1.54, 1.807) is 11.4 Å². The molecule has 2 heterocycles. The highest BCUT2D eigenvalue weighted by Gasteiger charge is 2.43. The molecule has 0 aromatic carbocycles. The third kappa shape index (κ3) is 1.58. The van der Waals surface area contributed by atoms with Crippen molar-refractivity contribution in [2.75, 3.05) is 6.54 Å². The standard InChI is InChI=1S/C8H8F3NS/c9-8(10,11)7-5-2-4-13-6(5)1-3-12-7/h2,4,7,12H,1,3H2. The van der Waals surface area contributed by atoms with Crippen molar-refractivity contribution in [3.8, 4) is 0 Å². The van der Waals surface area contributed by atoms with Crippen molar-refractivity contribution in [2.45, 2.75) is 18.6 Å². The van der Waals surface area contributed by atoms with Crippen LogP contribution in [0.5, 0.6) is 0 Å². The van der Waals surface area contributed by atoms with Crippen LogP contribution in [-0.2, 0) is 6.42 Å². The van der Waals surface area contributed by atoms with E-state index in [1.807, 2.05) is 0 Å². The maximum Gasteiger partial charge on any atom is 0.407 e. The van der Waals surface area contributed by atoms with E-state index in [9.17, 15) is 13.2 Å². The lowest BCUT2D eigenvalue weighted by molar-refractivity contribution is -0.158. The molecular weight excluding hydrogens is 199 g/mol. The van der Waals surface area contributed by atoms with Crippen molar-refractivity contribution in [1.29, 1.82) is 0 Å². The van der Waals surface area contributed by atoms with Crippen molar-refractivity contribution in [3.05, 3.63) is 21.9 Å². The van der Waals surface area contributed by atoms with Gasteiger partial charge in [-0.05, 0) is 23.4 Å². The average Bonchev–Trinajstić information content (AvgIpc) is 2.48. The maximum atomic E-state index is 12.4. The lowest BCUT2D eigenvalue weighted by Crippen LogP contribution is -2.38. The van der Waals surface area contributed by atoms with Gasteiger partial charge in [-0.3, -0.25) is 0 Å². The number of fused-ring (bicyclic) bond motifs is 1. The Morgan fingerprint density at radius 2 is 2.23 bits per heavy atom. The van der Waals surface area contributed by atoms with Crippen LogP contribution in [-0.4, -0.2) is 12.7 Å². The van der Waals surface area contributed by atoms with E-state index in [4.69, 9.17) is 0 Å². The summed E-state index contributed by atoms with van der Waals surface area (Å²) in [5.41, 5.74) is 0.406. The smallest absolute Gasteiger partial charge is 0.302 e. The normalized spacial score (nSPS) is 22.8. The fraction of sp³-hybridized carbons (Fsp3) is 0.500. The van der Waals surface area contributed by atoms with Gasteiger partial charge in [-0.1, -0.05) is 0 Å². The Morgan fingerprint density at radius 1 is 1.46 bits per heavy atom. The Morgan fingerprint density at radius 3 is 2.92 bits per heavy atom. The quantitative estimate of drug-likeness (QED) is 0.689. The first-order chi connectivity index (χ1) is 6.09. The van der Waals surface area contributed by atoms with Crippen LogP contribution in [0.25, 0.3) is 0 Å². The fourth-order valence-electron chi connectivity index (χ4n) is 1.54. The first-order valence-electron chi connectivity index (χ1n) is 3.95. The molecule has 13 heavy (non-hydrogen) atoms. The van der Waals surface area contributed by atoms with Crippen LogP contribution in [0.1, 0.15) is 16.5 Å². The number of hydrogen-bond donors (Lipinski definition) is 1. The fourth-order valence-corrected chi connectivity index (χ4v) is 2.46. The second-order valence-corrected chi connectivity index (χ2v) is 3.98. The van der Waals surface area contributed by atoms with E-state index in [2.05, 4.69) is 5.32 Å². The van der Waals surface area contributed by atoms with Gasteiger partial charge < -0.3 is 5.32 Å². The van der Waals surface area contributed by atoms with Crippen molar-refractivity contribution in [1.82, 2.24) is 5.32 Å². The van der Waals surface area contributed by atoms with E-state index >= 15 is 0 Å². The summed E-state index contributed by atoms with van der Waals surface area (Å²) in [6.07, 6.45) is -3.46. The van der Waals surface area contributed by atoms with Crippen LogP contribution >= 0.6 is 11.3 Å². The SMILES string of the molecule is FC(F)(F)C1NCCc2sccc21. The summed E-state index contributed by atoms with van der Waals surface area (Å²) in [7, 11) is 0. The van der Waals surface area contributed by atoms with Crippen LogP contribution in [0.4, 0.5) is 13.2 Å². The number of halogens is 3. The van der Waals surface area contributed by atoms with Gasteiger partial charge in [0.1, 0.15) is 6.04 Å². The van der Waals surface area contributed by atoms with Crippen molar-refractivity contribution >= 4 is 11.3 Å². The molecule has 0 radical (unpaired) electrons. The molecule has 1 N–H and O–H groups in total. The summed E-state index contributed by atoms with van der Waals surface area (Å²) in [6.45, 7) is 0.414. The molecule has 1 aromatic heterocycles. The Bertz CT molecular complexity index is 305. The van der Waals surface area contributed by atoms with Gasteiger partial charge in [0.25, 0.3) is 0 Å². The van der Waals surface area contributed by atoms with E-state index in [1.165, 1.54) is 11.3 Å². The summed E-state index contributed by atoms with van der Waals surface area (Å²) in [6, 6.07) is 0.104. The molecular formula is C8H8F3NS. The van der Waals surface area contributed by atoms with Crippen molar-refractivity contribution in [2.24, 2.45) is 0 Å². The first-order valence-corrected chi connectivity index (χ1v) is 4.83. The predicted octanol–water partition coefficient (Wildman–Crippen LogP) is 2.50. The molecule has 0 saturated heterocycles. The van der Waals surface area contributed by atoms with Gasteiger partial charge in [-0.15, -0.1) is 11.3 Å². The molecule has 5 heteroatoms. The van der Waals surface area contributed by atoms with E-state index < -0.39 is 12.2 Å². The molecule has 1 aliphatic rings. The number of thiophene rings is 1.